The second kappa shape index (κ2) is 8.22. The Morgan fingerprint density at radius 1 is 1.03 bits per heavy atom. The molecule has 148 valence electrons. The molecular formula is C21H22N6O2. The van der Waals surface area contributed by atoms with Crippen molar-refractivity contribution in [1.29, 1.82) is 0 Å². The van der Waals surface area contributed by atoms with Crippen molar-refractivity contribution in [2.75, 3.05) is 6.54 Å². The van der Waals surface area contributed by atoms with Gasteiger partial charge in [-0.15, -0.1) is 5.10 Å². The molecule has 1 amide bonds. The van der Waals surface area contributed by atoms with Crippen LogP contribution in [0.4, 0.5) is 0 Å². The average Bonchev–Trinajstić information content (AvgIpc) is 3.06. The number of aryl methyl sites for hydroxylation is 3. The van der Waals surface area contributed by atoms with Crippen molar-refractivity contribution in [3.05, 3.63) is 64.7 Å². The number of rotatable bonds is 7. The van der Waals surface area contributed by atoms with Crippen molar-refractivity contribution < 1.29 is 4.79 Å². The third kappa shape index (κ3) is 4.01. The van der Waals surface area contributed by atoms with E-state index in [1.807, 2.05) is 31.2 Å². The molecule has 29 heavy (non-hydrogen) atoms. The summed E-state index contributed by atoms with van der Waals surface area (Å²) in [5.74, 6) is 0.853. The molecule has 4 rings (SSSR count). The number of nitrogens with zero attached hydrogens (tertiary/aromatic N) is 5. The molecule has 0 aliphatic heterocycles. The summed E-state index contributed by atoms with van der Waals surface area (Å²) in [5.41, 5.74) is 2.41. The van der Waals surface area contributed by atoms with Crippen LogP contribution in [-0.2, 0) is 17.9 Å². The van der Waals surface area contributed by atoms with E-state index in [4.69, 9.17) is 0 Å². The summed E-state index contributed by atoms with van der Waals surface area (Å²) in [6.07, 6.45) is 0.975. The molecule has 0 aliphatic carbocycles. The lowest BCUT2D eigenvalue weighted by Crippen LogP contribution is -2.30. The highest BCUT2D eigenvalue weighted by Gasteiger charge is 2.09. The fourth-order valence-corrected chi connectivity index (χ4v) is 3.41. The zero-order valence-electron chi connectivity index (χ0n) is 16.2. The minimum absolute atomic E-state index is 0.112. The van der Waals surface area contributed by atoms with E-state index >= 15 is 0 Å². The Hall–Kier alpha value is -3.55. The summed E-state index contributed by atoms with van der Waals surface area (Å²) in [5, 5.41) is 11.3. The molecule has 8 nitrogen and oxygen atoms in total. The van der Waals surface area contributed by atoms with Gasteiger partial charge in [-0.05, 0) is 37.6 Å². The molecule has 0 fully saturated rings. The number of nitrogens with one attached hydrogen (secondary N) is 1. The van der Waals surface area contributed by atoms with Crippen LogP contribution in [0.2, 0.25) is 0 Å². The molecule has 2 aromatic carbocycles. The van der Waals surface area contributed by atoms with Gasteiger partial charge in [0.1, 0.15) is 11.3 Å². The zero-order chi connectivity index (χ0) is 20.2. The van der Waals surface area contributed by atoms with Gasteiger partial charge in [-0.25, -0.2) is 9.67 Å². The monoisotopic (exact) mass is 390 g/mol. The van der Waals surface area contributed by atoms with E-state index in [2.05, 4.69) is 31.2 Å². The molecule has 0 saturated carbocycles. The third-order valence-electron chi connectivity index (χ3n) is 4.91. The van der Waals surface area contributed by atoms with E-state index < -0.39 is 0 Å². The molecule has 0 saturated heterocycles. The molecule has 0 radical (unpaired) electrons. The van der Waals surface area contributed by atoms with E-state index in [1.165, 1.54) is 4.68 Å². The van der Waals surface area contributed by atoms with Crippen LogP contribution < -0.4 is 10.9 Å². The second-order valence-electron chi connectivity index (χ2n) is 6.89. The van der Waals surface area contributed by atoms with E-state index in [0.29, 0.717) is 17.4 Å². The van der Waals surface area contributed by atoms with Crippen molar-refractivity contribution >= 4 is 27.8 Å². The number of hydrogen-bond donors (Lipinski definition) is 1. The summed E-state index contributed by atoms with van der Waals surface area (Å²) in [6.45, 7) is 3.53. The van der Waals surface area contributed by atoms with Crippen LogP contribution in [0.15, 0.2) is 53.3 Å². The second-order valence-corrected chi connectivity index (χ2v) is 6.89. The van der Waals surface area contributed by atoms with Crippen LogP contribution in [0.5, 0.6) is 0 Å². The molecule has 4 aromatic rings. The molecule has 0 atom stereocenters. The first-order chi connectivity index (χ1) is 14.1. The predicted octanol–water partition coefficient (Wildman–Crippen LogP) is 2.05. The summed E-state index contributed by atoms with van der Waals surface area (Å²) >= 11 is 0. The van der Waals surface area contributed by atoms with Gasteiger partial charge in [0.25, 0.3) is 5.56 Å². The van der Waals surface area contributed by atoms with Crippen molar-refractivity contribution in [2.45, 2.75) is 32.9 Å². The number of imidazole rings is 1. The van der Waals surface area contributed by atoms with Gasteiger partial charge in [0.2, 0.25) is 5.91 Å². The van der Waals surface area contributed by atoms with Gasteiger partial charge in [0.15, 0.2) is 0 Å². The number of hydrogen-bond acceptors (Lipinski definition) is 5. The summed E-state index contributed by atoms with van der Waals surface area (Å²) < 4.78 is 3.40. The van der Waals surface area contributed by atoms with Crippen LogP contribution in [0.3, 0.4) is 0 Å². The Bertz CT molecular complexity index is 1230. The number of carbonyl (C=O) groups excluding carboxylic acids is 1. The number of fused-ring (bicyclic) bond motifs is 2. The topological polar surface area (TPSA) is 94.7 Å². The van der Waals surface area contributed by atoms with Crippen LogP contribution in [-0.4, -0.2) is 37.0 Å². The number of para-hydroxylation sites is 2. The highest BCUT2D eigenvalue weighted by molar-refractivity contribution is 5.77. The minimum Gasteiger partial charge on any atom is -0.356 e. The summed E-state index contributed by atoms with van der Waals surface area (Å²) in [6, 6.07) is 15.1. The van der Waals surface area contributed by atoms with E-state index in [0.717, 1.165) is 29.8 Å². The maximum absolute atomic E-state index is 12.4. The van der Waals surface area contributed by atoms with E-state index in [1.54, 1.807) is 18.2 Å². The van der Waals surface area contributed by atoms with Gasteiger partial charge in [-0.3, -0.25) is 9.59 Å². The Kier molecular flexibility index (Phi) is 5.33. The van der Waals surface area contributed by atoms with Gasteiger partial charge >= 0.3 is 0 Å². The first kappa shape index (κ1) is 18.8. The lowest BCUT2D eigenvalue weighted by Gasteiger charge is -2.09. The number of aromatic nitrogens is 5. The third-order valence-corrected chi connectivity index (χ3v) is 4.91. The van der Waals surface area contributed by atoms with Gasteiger partial charge in [-0.1, -0.05) is 29.5 Å². The lowest BCUT2D eigenvalue weighted by molar-refractivity contribution is -0.121. The van der Waals surface area contributed by atoms with Gasteiger partial charge in [0.05, 0.1) is 23.0 Å². The fraction of sp³-hybridized carbons (Fsp3) is 0.286. The largest absolute Gasteiger partial charge is 0.356 e. The molecule has 2 heterocycles. The van der Waals surface area contributed by atoms with Crippen molar-refractivity contribution in [1.82, 2.24) is 29.9 Å². The van der Waals surface area contributed by atoms with Gasteiger partial charge in [-0.2, -0.15) is 0 Å². The van der Waals surface area contributed by atoms with Gasteiger partial charge < -0.3 is 9.88 Å². The molecule has 0 spiro atoms. The molecule has 0 aliphatic rings. The molecule has 1 N–H and O–H groups in total. The Morgan fingerprint density at radius 2 is 1.79 bits per heavy atom. The Balaban J connectivity index is 1.28. The van der Waals surface area contributed by atoms with E-state index in [9.17, 15) is 9.59 Å². The fourth-order valence-electron chi connectivity index (χ4n) is 3.41. The normalized spacial score (nSPS) is 11.2. The van der Waals surface area contributed by atoms with Crippen LogP contribution in [0.1, 0.15) is 18.7 Å². The molecule has 0 unspecified atom stereocenters. The van der Waals surface area contributed by atoms with Crippen molar-refractivity contribution in [3.8, 4) is 0 Å². The first-order valence-corrected chi connectivity index (χ1v) is 9.64. The van der Waals surface area contributed by atoms with Crippen molar-refractivity contribution in [2.24, 2.45) is 0 Å². The summed E-state index contributed by atoms with van der Waals surface area (Å²) in [4.78, 5) is 29.1. The molecule has 0 bridgehead atoms. The van der Waals surface area contributed by atoms with Crippen molar-refractivity contribution in [3.63, 3.8) is 0 Å². The summed E-state index contributed by atoms with van der Waals surface area (Å²) in [7, 11) is 0. The Morgan fingerprint density at radius 3 is 2.66 bits per heavy atom. The van der Waals surface area contributed by atoms with Gasteiger partial charge in [0, 0.05) is 19.5 Å². The van der Waals surface area contributed by atoms with Crippen LogP contribution in [0, 0.1) is 6.92 Å². The lowest BCUT2D eigenvalue weighted by atomic mass is 10.2. The molecular weight excluding hydrogens is 368 g/mol. The smallest absolute Gasteiger partial charge is 0.277 e. The number of benzene rings is 2. The molecule has 8 heteroatoms. The zero-order valence-corrected chi connectivity index (χ0v) is 16.2. The average molecular weight is 390 g/mol. The standard InChI is InChI=1S/C21H22N6O2/c1-15-23-18-9-4-5-10-19(18)26(15)13-6-12-22-20(28)11-14-27-21(29)16-7-2-3-8-17(16)24-25-27/h2-5,7-10H,6,11-14H2,1H3,(H,22,28). The maximum Gasteiger partial charge on any atom is 0.277 e. The van der Waals surface area contributed by atoms with Crippen LogP contribution in [0.25, 0.3) is 21.9 Å². The Labute approximate surface area is 167 Å². The molecule has 2 aromatic heterocycles. The quantitative estimate of drug-likeness (QED) is 0.487. The highest BCUT2D eigenvalue weighted by atomic mass is 16.2. The SMILES string of the molecule is Cc1nc2ccccc2n1CCCNC(=O)CCn1nnc2ccccc2c1=O. The minimum atomic E-state index is -0.231. The number of amides is 1. The van der Waals surface area contributed by atoms with Crippen LogP contribution >= 0.6 is 0 Å². The van der Waals surface area contributed by atoms with E-state index in [-0.39, 0.29) is 24.4 Å². The predicted molar refractivity (Wildman–Crippen MR) is 111 cm³/mol. The number of carbonyl (C=O) groups is 1. The maximum atomic E-state index is 12.4. The first-order valence-electron chi connectivity index (χ1n) is 9.64. The highest BCUT2D eigenvalue weighted by Crippen LogP contribution is 2.15.